The van der Waals surface area contributed by atoms with E-state index < -0.39 is 11.7 Å². The summed E-state index contributed by atoms with van der Waals surface area (Å²) < 4.78 is 12.4. The fourth-order valence-corrected chi connectivity index (χ4v) is 0.615. The van der Waals surface area contributed by atoms with Crippen molar-refractivity contribution in [3.63, 3.8) is 0 Å². The van der Waals surface area contributed by atoms with Crippen molar-refractivity contribution in [1.29, 1.82) is 0 Å². The Morgan fingerprint density at radius 1 is 1.82 bits per heavy atom. The summed E-state index contributed by atoms with van der Waals surface area (Å²) in [6.07, 6.45) is 1.12. The van der Waals surface area contributed by atoms with Crippen LogP contribution in [-0.4, -0.2) is 17.9 Å². The number of aromatic nitrogens is 1. The minimum absolute atomic E-state index is 0.0590. The van der Waals surface area contributed by atoms with Gasteiger partial charge >= 0.3 is 0 Å². The number of hydrogen-bond donors (Lipinski definition) is 1. The van der Waals surface area contributed by atoms with E-state index in [1.54, 1.807) is 0 Å². The van der Waals surface area contributed by atoms with Crippen LogP contribution in [0.3, 0.4) is 0 Å². The summed E-state index contributed by atoms with van der Waals surface area (Å²) in [7, 11) is 1.46. The van der Waals surface area contributed by atoms with Gasteiger partial charge in [0.05, 0.1) is 0 Å². The van der Waals surface area contributed by atoms with Crippen LogP contribution in [0.4, 0.5) is 4.39 Å². The van der Waals surface area contributed by atoms with Gasteiger partial charge in [-0.3, -0.25) is 9.78 Å². The van der Waals surface area contributed by atoms with Crippen LogP contribution in [0.1, 0.15) is 10.5 Å². The highest BCUT2D eigenvalue weighted by Crippen LogP contribution is 1.97. The Balaban J connectivity index is 2.96. The van der Waals surface area contributed by atoms with Gasteiger partial charge in [-0.05, 0) is 0 Å². The summed E-state index contributed by atoms with van der Waals surface area (Å²) in [6, 6.07) is 3.22. The van der Waals surface area contributed by atoms with Crippen molar-refractivity contribution in [2.24, 2.45) is 0 Å². The monoisotopic (exact) mass is 153 g/mol. The van der Waals surface area contributed by atoms with Crippen molar-refractivity contribution in [3.05, 3.63) is 29.8 Å². The van der Waals surface area contributed by atoms with Gasteiger partial charge in [-0.15, -0.1) is 0 Å². The van der Waals surface area contributed by atoms with E-state index in [-0.39, 0.29) is 5.69 Å². The number of pyridine rings is 1. The molecule has 0 unspecified atom stereocenters. The third-order valence-corrected chi connectivity index (χ3v) is 1.13. The van der Waals surface area contributed by atoms with Gasteiger partial charge in [-0.25, -0.2) is 4.39 Å². The molecule has 1 heterocycles. The van der Waals surface area contributed by atoms with E-state index in [0.717, 1.165) is 12.3 Å². The summed E-state index contributed by atoms with van der Waals surface area (Å²) in [4.78, 5) is 14.4. The Labute approximate surface area is 63.3 Å². The number of amides is 1. The molecule has 1 rings (SSSR count). The Bertz CT molecular complexity index is 275. The lowest BCUT2D eigenvalue weighted by Crippen LogP contribution is -2.19. The molecule has 0 bridgehead atoms. The molecule has 0 aromatic carbocycles. The summed E-state index contributed by atoms with van der Waals surface area (Å²) in [6.45, 7) is 0. The SMILES string of the molecule is CNC(=O)c1cc(F)[c]cn1. The van der Waals surface area contributed by atoms with Crippen LogP contribution < -0.4 is 5.32 Å². The second kappa shape index (κ2) is 3.09. The van der Waals surface area contributed by atoms with Crippen LogP contribution in [-0.2, 0) is 0 Å². The van der Waals surface area contributed by atoms with Crippen molar-refractivity contribution in [3.8, 4) is 0 Å². The van der Waals surface area contributed by atoms with Gasteiger partial charge < -0.3 is 5.32 Å². The van der Waals surface area contributed by atoms with E-state index in [4.69, 9.17) is 0 Å². The van der Waals surface area contributed by atoms with E-state index >= 15 is 0 Å². The first-order chi connectivity index (χ1) is 5.24. The quantitative estimate of drug-likeness (QED) is 0.633. The summed E-state index contributed by atoms with van der Waals surface area (Å²) >= 11 is 0. The number of carbonyl (C=O) groups is 1. The lowest BCUT2D eigenvalue weighted by molar-refractivity contribution is 0.0957. The largest absolute Gasteiger partial charge is 0.354 e. The second-order valence-electron chi connectivity index (χ2n) is 1.86. The van der Waals surface area contributed by atoms with Crippen molar-refractivity contribution in [2.75, 3.05) is 7.05 Å². The van der Waals surface area contributed by atoms with Gasteiger partial charge in [0, 0.05) is 25.4 Å². The average molecular weight is 153 g/mol. The number of nitrogens with zero attached hydrogens (tertiary/aromatic N) is 1. The predicted octanol–water partition coefficient (Wildman–Crippen LogP) is 0.380. The summed E-state index contributed by atoms with van der Waals surface area (Å²) in [5.74, 6) is -0.989. The zero-order valence-electron chi connectivity index (χ0n) is 5.89. The molecule has 0 fully saturated rings. The lowest BCUT2D eigenvalue weighted by atomic mass is 10.3. The predicted molar refractivity (Wildman–Crippen MR) is 36.4 cm³/mol. The minimum Gasteiger partial charge on any atom is -0.354 e. The van der Waals surface area contributed by atoms with Gasteiger partial charge in [0.25, 0.3) is 5.91 Å². The molecule has 1 radical (unpaired) electrons. The van der Waals surface area contributed by atoms with Gasteiger partial charge in [0.2, 0.25) is 0 Å². The van der Waals surface area contributed by atoms with E-state index in [2.05, 4.69) is 16.4 Å². The molecule has 57 valence electrons. The zero-order valence-corrected chi connectivity index (χ0v) is 5.89. The highest BCUT2D eigenvalue weighted by Gasteiger charge is 2.04. The van der Waals surface area contributed by atoms with Gasteiger partial charge in [0.15, 0.2) is 0 Å². The number of hydrogen-bond acceptors (Lipinski definition) is 2. The first kappa shape index (κ1) is 7.65. The molecule has 0 aliphatic heterocycles. The van der Waals surface area contributed by atoms with Crippen LogP contribution in [0, 0.1) is 11.9 Å². The average Bonchev–Trinajstić information content (AvgIpc) is 2.03. The first-order valence-corrected chi connectivity index (χ1v) is 2.99. The van der Waals surface area contributed by atoms with Crippen LogP contribution in [0.15, 0.2) is 12.3 Å². The normalized spacial score (nSPS) is 9.27. The Morgan fingerprint density at radius 2 is 2.55 bits per heavy atom. The van der Waals surface area contributed by atoms with Crippen molar-refractivity contribution in [2.45, 2.75) is 0 Å². The molecule has 4 heteroatoms. The Morgan fingerprint density at radius 3 is 3.09 bits per heavy atom. The maximum absolute atomic E-state index is 12.4. The smallest absolute Gasteiger partial charge is 0.269 e. The fourth-order valence-electron chi connectivity index (χ4n) is 0.615. The molecule has 0 saturated heterocycles. The standard InChI is InChI=1S/C7H6FN2O/c1-9-7(11)6-4-5(8)2-3-10-6/h3-4H,1H3,(H,9,11). The molecule has 0 spiro atoms. The lowest BCUT2D eigenvalue weighted by Gasteiger charge is -1.96. The molecule has 11 heavy (non-hydrogen) atoms. The number of nitrogens with one attached hydrogen (secondary N) is 1. The van der Waals surface area contributed by atoms with Crippen molar-refractivity contribution in [1.82, 2.24) is 10.3 Å². The molecular weight excluding hydrogens is 147 g/mol. The Hall–Kier alpha value is -1.45. The maximum Gasteiger partial charge on any atom is 0.269 e. The van der Waals surface area contributed by atoms with Gasteiger partial charge in [0.1, 0.15) is 11.5 Å². The molecular formula is C7H6FN2O. The van der Waals surface area contributed by atoms with Crippen LogP contribution in [0.2, 0.25) is 0 Å². The second-order valence-corrected chi connectivity index (χ2v) is 1.86. The molecule has 1 aromatic heterocycles. The van der Waals surface area contributed by atoms with Crippen LogP contribution in [0.25, 0.3) is 0 Å². The van der Waals surface area contributed by atoms with Gasteiger partial charge in [-0.1, -0.05) is 0 Å². The third kappa shape index (κ3) is 1.73. The molecule has 0 atom stereocenters. The first-order valence-electron chi connectivity index (χ1n) is 2.99. The van der Waals surface area contributed by atoms with E-state index in [1.807, 2.05) is 0 Å². The zero-order chi connectivity index (χ0) is 8.27. The topological polar surface area (TPSA) is 42.0 Å². The number of halogens is 1. The van der Waals surface area contributed by atoms with Crippen LogP contribution >= 0.6 is 0 Å². The molecule has 3 nitrogen and oxygen atoms in total. The molecule has 0 aliphatic rings. The molecule has 1 aromatic rings. The third-order valence-electron chi connectivity index (χ3n) is 1.13. The molecule has 1 N–H and O–H groups in total. The molecule has 0 saturated carbocycles. The number of rotatable bonds is 1. The Kier molecular flexibility index (Phi) is 2.15. The van der Waals surface area contributed by atoms with Crippen molar-refractivity contribution < 1.29 is 9.18 Å². The highest BCUT2D eigenvalue weighted by atomic mass is 19.1. The maximum atomic E-state index is 12.4. The molecule has 0 aliphatic carbocycles. The van der Waals surface area contributed by atoms with E-state index in [0.29, 0.717) is 0 Å². The van der Waals surface area contributed by atoms with Gasteiger partial charge in [-0.2, -0.15) is 0 Å². The molecule has 1 amide bonds. The fraction of sp³-hybridized carbons (Fsp3) is 0.143. The highest BCUT2D eigenvalue weighted by molar-refractivity contribution is 5.91. The van der Waals surface area contributed by atoms with E-state index in [9.17, 15) is 9.18 Å². The summed E-state index contributed by atoms with van der Waals surface area (Å²) in [5.41, 5.74) is 0.0590. The minimum atomic E-state index is -0.585. The van der Waals surface area contributed by atoms with E-state index in [1.165, 1.54) is 7.05 Å². The number of carbonyl (C=O) groups excluding carboxylic acids is 1. The summed E-state index contributed by atoms with van der Waals surface area (Å²) in [5, 5.41) is 2.33. The van der Waals surface area contributed by atoms with Crippen molar-refractivity contribution >= 4 is 5.91 Å². The van der Waals surface area contributed by atoms with Crippen LogP contribution in [0.5, 0.6) is 0 Å².